The Bertz CT molecular complexity index is 608. The SMILES string of the molecule is Cc1ccc(NCc2cccc(C(F)(F)F)c2)c(Br)c1. The highest BCUT2D eigenvalue weighted by atomic mass is 79.9. The Morgan fingerprint density at radius 1 is 1.10 bits per heavy atom. The van der Waals surface area contributed by atoms with Crippen molar-refractivity contribution in [3.05, 3.63) is 63.6 Å². The van der Waals surface area contributed by atoms with Crippen LogP contribution >= 0.6 is 15.9 Å². The van der Waals surface area contributed by atoms with E-state index in [9.17, 15) is 13.2 Å². The number of anilines is 1. The second-order valence-corrected chi connectivity index (χ2v) is 5.39. The lowest BCUT2D eigenvalue weighted by Gasteiger charge is -2.11. The molecule has 0 unspecified atom stereocenters. The summed E-state index contributed by atoms with van der Waals surface area (Å²) in [5.41, 5.74) is 1.93. The van der Waals surface area contributed by atoms with Crippen molar-refractivity contribution in [2.75, 3.05) is 5.32 Å². The fourth-order valence-corrected chi connectivity index (χ4v) is 2.45. The van der Waals surface area contributed by atoms with Crippen molar-refractivity contribution < 1.29 is 13.2 Å². The quantitative estimate of drug-likeness (QED) is 0.787. The predicted molar refractivity (Wildman–Crippen MR) is 77.6 cm³/mol. The monoisotopic (exact) mass is 343 g/mol. The van der Waals surface area contributed by atoms with Gasteiger partial charge in [-0.25, -0.2) is 0 Å². The molecule has 5 heteroatoms. The summed E-state index contributed by atoms with van der Waals surface area (Å²) in [7, 11) is 0. The zero-order valence-corrected chi connectivity index (χ0v) is 12.3. The lowest BCUT2D eigenvalue weighted by Crippen LogP contribution is -2.07. The van der Waals surface area contributed by atoms with Gasteiger partial charge in [-0.15, -0.1) is 0 Å². The van der Waals surface area contributed by atoms with Gasteiger partial charge in [-0.3, -0.25) is 0 Å². The maximum Gasteiger partial charge on any atom is 0.416 e. The molecule has 2 rings (SSSR count). The average molecular weight is 344 g/mol. The van der Waals surface area contributed by atoms with Crippen LogP contribution in [-0.2, 0) is 12.7 Å². The van der Waals surface area contributed by atoms with Crippen molar-refractivity contribution in [2.24, 2.45) is 0 Å². The van der Waals surface area contributed by atoms with Crippen molar-refractivity contribution in [3.8, 4) is 0 Å². The second-order valence-electron chi connectivity index (χ2n) is 4.53. The Labute approximate surface area is 123 Å². The first-order valence-electron chi connectivity index (χ1n) is 6.02. The molecule has 1 N–H and O–H groups in total. The number of benzene rings is 2. The van der Waals surface area contributed by atoms with Crippen LogP contribution in [0.4, 0.5) is 18.9 Å². The molecule has 0 saturated carbocycles. The van der Waals surface area contributed by atoms with Crippen molar-refractivity contribution in [1.29, 1.82) is 0 Å². The van der Waals surface area contributed by atoms with Crippen LogP contribution < -0.4 is 5.32 Å². The third-order valence-corrected chi connectivity index (χ3v) is 3.52. The molecule has 1 nitrogen and oxygen atoms in total. The molecule has 0 aliphatic heterocycles. The van der Waals surface area contributed by atoms with Crippen molar-refractivity contribution >= 4 is 21.6 Å². The molecule has 0 atom stereocenters. The lowest BCUT2D eigenvalue weighted by molar-refractivity contribution is -0.137. The minimum Gasteiger partial charge on any atom is -0.380 e. The summed E-state index contributed by atoms with van der Waals surface area (Å²) in [5, 5.41) is 3.12. The fraction of sp³-hybridized carbons (Fsp3) is 0.200. The summed E-state index contributed by atoms with van der Waals surface area (Å²) in [6.45, 7) is 2.31. The lowest BCUT2D eigenvalue weighted by atomic mass is 10.1. The van der Waals surface area contributed by atoms with Crippen molar-refractivity contribution in [1.82, 2.24) is 0 Å². The number of alkyl halides is 3. The van der Waals surface area contributed by atoms with Crippen LogP contribution in [0.1, 0.15) is 16.7 Å². The van der Waals surface area contributed by atoms with E-state index < -0.39 is 11.7 Å². The Morgan fingerprint density at radius 2 is 1.85 bits per heavy atom. The number of nitrogens with one attached hydrogen (secondary N) is 1. The van der Waals surface area contributed by atoms with Gasteiger partial charge in [0, 0.05) is 16.7 Å². The fourth-order valence-electron chi connectivity index (χ4n) is 1.82. The topological polar surface area (TPSA) is 12.0 Å². The molecule has 20 heavy (non-hydrogen) atoms. The highest BCUT2D eigenvalue weighted by molar-refractivity contribution is 9.10. The number of halogens is 4. The van der Waals surface area contributed by atoms with Gasteiger partial charge in [0.15, 0.2) is 0 Å². The highest BCUT2D eigenvalue weighted by Crippen LogP contribution is 2.30. The summed E-state index contributed by atoms with van der Waals surface area (Å²) in [6.07, 6.45) is -4.31. The van der Waals surface area contributed by atoms with Gasteiger partial charge in [0.25, 0.3) is 0 Å². The number of hydrogen-bond acceptors (Lipinski definition) is 1. The molecular weight excluding hydrogens is 331 g/mol. The highest BCUT2D eigenvalue weighted by Gasteiger charge is 2.30. The average Bonchev–Trinajstić information content (AvgIpc) is 2.37. The first-order chi connectivity index (χ1) is 9.36. The van der Waals surface area contributed by atoms with Gasteiger partial charge in [0.1, 0.15) is 0 Å². The third-order valence-electron chi connectivity index (χ3n) is 2.86. The molecule has 0 aliphatic carbocycles. The number of rotatable bonds is 3. The van der Waals surface area contributed by atoms with E-state index in [0.717, 1.165) is 27.9 Å². The largest absolute Gasteiger partial charge is 0.416 e. The normalized spacial score (nSPS) is 11.4. The van der Waals surface area contributed by atoms with Gasteiger partial charge < -0.3 is 5.32 Å². The third kappa shape index (κ3) is 3.76. The van der Waals surface area contributed by atoms with Crippen LogP contribution in [0.2, 0.25) is 0 Å². The van der Waals surface area contributed by atoms with Crippen molar-refractivity contribution in [2.45, 2.75) is 19.6 Å². The summed E-state index contributed by atoms with van der Waals surface area (Å²) >= 11 is 3.42. The smallest absolute Gasteiger partial charge is 0.380 e. The molecule has 0 aromatic heterocycles. The van der Waals surface area contributed by atoms with E-state index in [2.05, 4.69) is 21.2 Å². The minimum atomic E-state index is -4.31. The van der Waals surface area contributed by atoms with E-state index >= 15 is 0 Å². The first kappa shape index (κ1) is 14.9. The van der Waals surface area contributed by atoms with Gasteiger partial charge in [0.05, 0.1) is 5.56 Å². The summed E-state index contributed by atoms with van der Waals surface area (Å²) in [6, 6.07) is 11.1. The maximum absolute atomic E-state index is 12.6. The standard InChI is InChI=1S/C15H13BrF3N/c1-10-5-6-14(13(16)7-10)20-9-11-3-2-4-12(8-11)15(17,18)19/h2-8,20H,9H2,1H3. The van der Waals surface area contributed by atoms with Crippen molar-refractivity contribution in [3.63, 3.8) is 0 Å². The molecule has 0 spiro atoms. The molecule has 0 heterocycles. The molecule has 0 bridgehead atoms. The van der Waals surface area contributed by atoms with E-state index in [1.54, 1.807) is 6.07 Å². The summed E-state index contributed by atoms with van der Waals surface area (Å²) in [5.74, 6) is 0. The van der Waals surface area contributed by atoms with Gasteiger partial charge >= 0.3 is 6.18 Å². The minimum absolute atomic E-state index is 0.339. The Kier molecular flexibility index (Phi) is 4.38. The summed E-state index contributed by atoms with van der Waals surface area (Å²) in [4.78, 5) is 0. The Hall–Kier alpha value is -1.49. The van der Waals surface area contributed by atoms with Gasteiger partial charge in [0.2, 0.25) is 0 Å². The molecule has 0 saturated heterocycles. The summed E-state index contributed by atoms with van der Waals surface area (Å²) < 4.78 is 38.7. The number of aryl methyl sites for hydroxylation is 1. The molecule has 0 radical (unpaired) electrons. The predicted octanol–water partition coefficient (Wildman–Crippen LogP) is 5.39. The van der Waals surface area contributed by atoms with E-state index in [4.69, 9.17) is 0 Å². The second kappa shape index (κ2) is 5.87. The Balaban J connectivity index is 2.11. The van der Waals surface area contributed by atoms with Crippen LogP contribution in [0.25, 0.3) is 0 Å². The maximum atomic E-state index is 12.6. The Morgan fingerprint density at radius 3 is 2.50 bits per heavy atom. The molecule has 2 aromatic carbocycles. The first-order valence-corrected chi connectivity index (χ1v) is 6.82. The van der Waals surface area contributed by atoms with Crippen LogP contribution in [0.15, 0.2) is 46.9 Å². The van der Waals surface area contributed by atoms with E-state index in [1.807, 2.05) is 25.1 Å². The van der Waals surface area contributed by atoms with Gasteiger partial charge in [-0.2, -0.15) is 13.2 Å². The van der Waals surface area contributed by atoms with Gasteiger partial charge in [-0.1, -0.05) is 18.2 Å². The van der Waals surface area contributed by atoms with Crippen LogP contribution in [-0.4, -0.2) is 0 Å². The van der Waals surface area contributed by atoms with Crippen LogP contribution in [0, 0.1) is 6.92 Å². The van der Waals surface area contributed by atoms with Crippen LogP contribution in [0.3, 0.4) is 0 Å². The van der Waals surface area contributed by atoms with E-state index in [-0.39, 0.29) is 0 Å². The molecule has 106 valence electrons. The molecule has 2 aromatic rings. The zero-order valence-electron chi connectivity index (χ0n) is 10.8. The molecule has 0 aliphatic rings. The van der Waals surface area contributed by atoms with E-state index in [1.165, 1.54) is 6.07 Å². The molecular formula is C15H13BrF3N. The van der Waals surface area contributed by atoms with Gasteiger partial charge in [-0.05, 0) is 58.2 Å². The van der Waals surface area contributed by atoms with E-state index in [0.29, 0.717) is 12.1 Å². The molecule has 0 fully saturated rings. The molecule has 0 amide bonds. The number of hydrogen-bond donors (Lipinski definition) is 1. The van der Waals surface area contributed by atoms with Crippen LogP contribution in [0.5, 0.6) is 0 Å². The zero-order chi connectivity index (χ0) is 14.8.